The van der Waals surface area contributed by atoms with E-state index in [9.17, 15) is 9.18 Å². The highest BCUT2D eigenvalue weighted by molar-refractivity contribution is 5.85. The van der Waals surface area contributed by atoms with Gasteiger partial charge in [-0.05, 0) is 44.0 Å². The second-order valence-electron chi connectivity index (χ2n) is 5.66. The molecule has 0 N–H and O–H groups in total. The highest BCUT2D eigenvalue weighted by Crippen LogP contribution is 2.15. The van der Waals surface area contributed by atoms with Crippen molar-refractivity contribution >= 4 is 5.78 Å². The summed E-state index contributed by atoms with van der Waals surface area (Å²) in [5.41, 5.74) is 1.69. The van der Waals surface area contributed by atoms with Crippen LogP contribution in [0.3, 0.4) is 0 Å². The second kappa shape index (κ2) is 6.46. The van der Waals surface area contributed by atoms with Crippen molar-refractivity contribution in [3.05, 3.63) is 35.1 Å². The molecule has 110 valence electrons. The highest BCUT2D eigenvalue weighted by atomic mass is 19.1. The van der Waals surface area contributed by atoms with Crippen LogP contribution in [-0.4, -0.2) is 42.5 Å². The number of nitrogens with zero attached hydrogens (tertiary/aromatic N) is 1. The lowest BCUT2D eigenvalue weighted by atomic mass is 10.00. The average molecular weight is 279 g/mol. The van der Waals surface area contributed by atoms with Gasteiger partial charge in [0, 0.05) is 25.6 Å². The van der Waals surface area contributed by atoms with Crippen molar-refractivity contribution in [3.63, 3.8) is 0 Å². The third-order valence-electron chi connectivity index (χ3n) is 3.86. The van der Waals surface area contributed by atoms with Gasteiger partial charge in [0.25, 0.3) is 0 Å². The van der Waals surface area contributed by atoms with E-state index < -0.39 is 6.10 Å². The first kappa shape index (κ1) is 15.1. The van der Waals surface area contributed by atoms with Crippen LogP contribution in [0.25, 0.3) is 0 Å². The summed E-state index contributed by atoms with van der Waals surface area (Å²) in [4.78, 5) is 14.6. The first-order valence-electron chi connectivity index (χ1n) is 7.10. The standard InChI is InChI=1S/C16H22FNO2/c1-11(2)18-6-7-20-16(10-18)15(19)9-13-8-14(17)5-4-12(13)3/h4-5,8,11,16H,6-7,9-10H2,1-3H3. The zero-order chi connectivity index (χ0) is 14.7. The molecule has 0 saturated carbocycles. The average Bonchev–Trinajstić information content (AvgIpc) is 2.43. The number of aryl methyl sites for hydroxylation is 1. The van der Waals surface area contributed by atoms with E-state index in [1.165, 1.54) is 12.1 Å². The number of hydrogen-bond donors (Lipinski definition) is 0. The molecule has 1 aromatic carbocycles. The number of benzene rings is 1. The fourth-order valence-electron chi connectivity index (χ4n) is 2.47. The van der Waals surface area contributed by atoms with E-state index in [2.05, 4.69) is 18.7 Å². The van der Waals surface area contributed by atoms with Gasteiger partial charge in [0.05, 0.1) is 6.61 Å². The van der Waals surface area contributed by atoms with E-state index in [1.54, 1.807) is 6.07 Å². The smallest absolute Gasteiger partial charge is 0.167 e. The zero-order valence-corrected chi connectivity index (χ0v) is 12.4. The van der Waals surface area contributed by atoms with Crippen molar-refractivity contribution in [2.75, 3.05) is 19.7 Å². The molecular formula is C16H22FNO2. The molecule has 1 aliphatic heterocycles. The van der Waals surface area contributed by atoms with Crippen molar-refractivity contribution in [1.29, 1.82) is 0 Å². The largest absolute Gasteiger partial charge is 0.368 e. The van der Waals surface area contributed by atoms with Gasteiger partial charge in [0.1, 0.15) is 11.9 Å². The monoisotopic (exact) mass is 279 g/mol. The van der Waals surface area contributed by atoms with Gasteiger partial charge in [0.2, 0.25) is 0 Å². The van der Waals surface area contributed by atoms with Crippen LogP contribution < -0.4 is 0 Å². The number of morpholine rings is 1. The number of carbonyl (C=O) groups excluding carboxylic acids is 1. The van der Waals surface area contributed by atoms with Crippen LogP contribution in [0.1, 0.15) is 25.0 Å². The summed E-state index contributed by atoms with van der Waals surface area (Å²) in [6.07, 6.45) is -0.158. The van der Waals surface area contributed by atoms with Crippen LogP contribution in [-0.2, 0) is 16.0 Å². The van der Waals surface area contributed by atoms with E-state index in [0.717, 1.165) is 17.7 Å². The maximum absolute atomic E-state index is 13.3. The summed E-state index contributed by atoms with van der Waals surface area (Å²) >= 11 is 0. The van der Waals surface area contributed by atoms with Crippen LogP contribution in [0.4, 0.5) is 4.39 Å². The first-order valence-corrected chi connectivity index (χ1v) is 7.10. The molecule has 3 nitrogen and oxygen atoms in total. The predicted octanol–water partition coefficient (Wildman–Crippen LogP) is 2.35. The van der Waals surface area contributed by atoms with E-state index in [0.29, 0.717) is 19.2 Å². The Bertz CT molecular complexity index is 487. The van der Waals surface area contributed by atoms with Gasteiger partial charge >= 0.3 is 0 Å². The lowest BCUT2D eigenvalue weighted by molar-refractivity contribution is -0.136. The van der Waals surface area contributed by atoms with Crippen LogP contribution in [0.15, 0.2) is 18.2 Å². The molecule has 1 aliphatic rings. The molecule has 0 aliphatic carbocycles. The van der Waals surface area contributed by atoms with Crippen LogP contribution >= 0.6 is 0 Å². The fourth-order valence-corrected chi connectivity index (χ4v) is 2.47. The zero-order valence-electron chi connectivity index (χ0n) is 12.4. The molecule has 0 amide bonds. The summed E-state index contributed by atoms with van der Waals surface area (Å²) < 4.78 is 18.8. The Labute approximate surface area is 119 Å². The molecule has 4 heteroatoms. The minimum atomic E-state index is -0.395. The van der Waals surface area contributed by atoms with E-state index in [-0.39, 0.29) is 18.0 Å². The minimum Gasteiger partial charge on any atom is -0.368 e. The lowest BCUT2D eigenvalue weighted by Gasteiger charge is -2.34. The van der Waals surface area contributed by atoms with Crippen molar-refractivity contribution in [2.24, 2.45) is 0 Å². The number of hydrogen-bond acceptors (Lipinski definition) is 3. The third-order valence-corrected chi connectivity index (χ3v) is 3.86. The molecule has 0 aromatic heterocycles. The third kappa shape index (κ3) is 3.64. The maximum Gasteiger partial charge on any atom is 0.167 e. The first-order chi connectivity index (χ1) is 9.47. The summed E-state index contributed by atoms with van der Waals surface area (Å²) in [6.45, 7) is 8.19. The molecule has 0 bridgehead atoms. The SMILES string of the molecule is Cc1ccc(F)cc1CC(=O)C1CN(C(C)C)CCO1. The number of ether oxygens (including phenoxy) is 1. The molecule has 1 saturated heterocycles. The molecule has 1 fully saturated rings. The number of Topliss-reactive ketones (excluding diaryl/α,β-unsaturated/α-hetero) is 1. The topological polar surface area (TPSA) is 29.5 Å². The molecule has 1 atom stereocenters. The van der Waals surface area contributed by atoms with E-state index in [4.69, 9.17) is 4.74 Å². The number of ketones is 1. The van der Waals surface area contributed by atoms with Gasteiger partial charge in [-0.3, -0.25) is 9.69 Å². The molecule has 20 heavy (non-hydrogen) atoms. The maximum atomic E-state index is 13.3. The Hall–Kier alpha value is -1.26. The van der Waals surface area contributed by atoms with Crippen molar-refractivity contribution in [3.8, 4) is 0 Å². The van der Waals surface area contributed by atoms with Crippen LogP contribution in [0.5, 0.6) is 0 Å². The van der Waals surface area contributed by atoms with E-state index in [1.807, 2.05) is 6.92 Å². The summed E-state index contributed by atoms with van der Waals surface area (Å²) in [6, 6.07) is 4.97. The second-order valence-corrected chi connectivity index (χ2v) is 5.66. The normalized spacial score (nSPS) is 20.4. The van der Waals surface area contributed by atoms with Gasteiger partial charge in [-0.15, -0.1) is 0 Å². The highest BCUT2D eigenvalue weighted by Gasteiger charge is 2.27. The number of rotatable bonds is 4. The van der Waals surface area contributed by atoms with Crippen molar-refractivity contribution < 1.29 is 13.9 Å². The summed E-state index contributed by atoms with van der Waals surface area (Å²) in [7, 11) is 0. The molecule has 1 unspecified atom stereocenters. The molecule has 0 spiro atoms. The molecule has 0 radical (unpaired) electrons. The Morgan fingerprint density at radius 2 is 2.25 bits per heavy atom. The Kier molecular flexibility index (Phi) is 4.89. The predicted molar refractivity (Wildman–Crippen MR) is 76.3 cm³/mol. The number of halogens is 1. The van der Waals surface area contributed by atoms with Crippen molar-refractivity contribution in [1.82, 2.24) is 4.90 Å². The van der Waals surface area contributed by atoms with Gasteiger partial charge in [0.15, 0.2) is 5.78 Å². The Morgan fingerprint density at radius 3 is 2.95 bits per heavy atom. The quantitative estimate of drug-likeness (QED) is 0.847. The molecule has 1 aromatic rings. The Morgan fingerprint density at radius 1 is 1.50 bits per heavy atom. The number of carbonyl (C=O) groups is 1. The summed E-state index contributed by atoms with van der Waals surface area (Å²) in [5, 5.41) is 0. The fraction of sp³-hybridized carbons (Fsp3) is 0.562. The van der Waals surface area contributed by atoms with E-state index >= 15 is 0 Å². The van der Waals surface area contributed by atoms with Crippen LogP contribution in [0.2, 0.25) is 0 Å². The molecule has 2 rings (SSSR count). The van der Waals surface area contributed by atoms with Crippen LogP contribution in [0, 0.1) is 12.7 Å². The van der Waals surface area contributed by atoms with Gasteiger partial charge in [-0.25, -0.2) is 4.39 Å². The summed E-state index contributed by atoms with van der Waals surface area (Å²) in [5.74, 6) is -0.268. The minimum absolute atomic E-state index is 0.0315. The van der Waals surface area contributed by atoms with Gasteiger partial charge in [-0.1, -0.05) is 6.07 Å². The molecular weight excluding hydrogens is 257 g/mol. The van der Waals surface area contributed by atoms with Crippen molar-refractivity contribution in [2.45, 2.75) is 39.3 Å². The van der Waals surface area contributed by atoms with Gasteiger partial charge in [-0.2, -0.15) is 0 Å². The lowest BCUT2D eigenvalue weighted by Crippen LogP contribution is -2.49. The molecule has 1 heterocycles. The Balaban J connectivity index is 2.02. The van der Waals surface area contributed by atoms with Gasteiger partial charge < -0.3 is 4.74 Å².